The summed E-state index contributed by atoms with van der Waals surface area (Å²) in [5.74, 6) is 0.752. The molecule has 0 unspecified atom stereocenters. The molecule has 1 aromatic rings. The molecule has 0 aromatic heterocycles. The number of rotatable bonds is 7. The highest BCUT2D eigenvalue weighted by molar-refractivity contribution is 5.89. The molecule has 0 aliphatic rings. The molecule has 5 nitrogen and oxygen atoms in total. The number of nitrogens with one attached hydrogen (secondary N) is 2. The molecule has 2 amide bonds. The van der Waals surface area contributed by atoms with E-state index in [0.29, 0.717) is 6.54 Å². The summed E-state index contributed by atoms with van der Waals surface area (Å²) in [6.45, 7) is 4.76. The first-order valence-electron chi connectivity index (χ1n) is 6.76. The standard InChI is InChI=1S/C15H24N2O3/c1-15(2,11-18)9-4-10-16-14(19)17-12-5-7-13(20-3)8-6-12/h5-8,18H,4,9-11H2,1-3H3,(H2,16,17,19). The number of hydrogen-bond acceptors (Lipinski definition) is 3. The number of carbonyl (C=O) groups excluding carboxylic acids is 1. The second-order valence-corrected chi connectivity index (χ2v) is 5.54. The van der Waals surface area contributed by atoms with E-state index < -0.39 is 0 Å². The van der Waals surface area contributed by atoms with Gasteiger partial charge in [0.25, 0.3) is 0 Å². The quantitative estimate of drug-likeness (QED) is 0.672. The third kappa shape index (κ3) is 5.93. The molecule has 0 saturated heterocycles. The molecule has 1 rings (SSSR count). The van der Waals surface area contributed by atoms with Gasteiger partial charge < -0.3 is 20.5 Å². The van der Waals surface area contributed by atoms with Gasteiger partial charge in [-0.05, 0) is 42.5 Å². The Balaban J connectivity index is 2.26. The normalized spacial score (nSPS) is 11.0. The number of hydrogen-bond donors (Lipinski definition) is 3. The van der Waals surface area contributed by atoms with Crippen LogP contribution < -0.4 is 15.4 Å². The van der Waals surface area contributed by atoms with E-state index in [0.717, 1.165) is 24.3 Å². The van der Waals surface area contributed by atoms with Crippen molar-refractivity contribution >= 4 is 11.7 Å². The van der Waals surface area contributed by atoms with E-state index in [1.807, 2.05) is 13.8 Å². The van der Waals surface area contributed by atoms with Crippen molar-refractivity contribution in [3.63, 3.8) is 0 Å². The van der Waals surface area contributed by atoms with Crippen molar-refractivity contribution in [2.24, 2.45) is 5.41 Å². The average Bonchev–Trinajstić information content (AvgIpc) is 2.44. The van der Waals surface area contributed by atoms with Crippen LogP contribution in [0.3, 0.4) is 0 Å². The summed E-state index contributed by atoms with van der Waals surface area (Å²) in [4.78, 5) is 11.7. The Hall–Kier alpha value is -1.75. The zero-order chi connectivity index (χ0) is 15.0. The highest BCUT2D eigenvalue weighted by Crippen LogP contribution is 2.20. The Bertz CT molecular complexity index is 416. The second kappa shape index (κ2) is 7.75. The van der Waals surface area contributed by atoms with Crippen molar-refractivity contribution in [1.82, 2.24) is 5.32 Å². The van der Waals surface area contributed by atoms with Crippen LogP contribution in [0.15, 0.2) is 24.3 Å². The molecule has 3 N–H and O–H groups in total. The summed E-state index contributed by atoms with van der Waals surface area (Å²) in [5, 5.41) is 14.7. The zero-order valence-electron chi connectivity index (χ0n) is 12.4. The largest absolute Gasteiger partial charge is 0.497 e. The number of anilines is 1. The summed E-state index contributed by atoms with van der Waals surface area (Å²) in [6.07, 6.45) is 1.70. The fourth-order valence-corrected chi connectivity index (χ4v) is 1.70. The number of aliphatic hydroxyl groups excluding tert-OH is 1. The van der Waals surface area contributed by atoms with Gasteiger partial charge in [-0.15, -0.1) is 0 Å². The highest BCUT2D eigenvalue weighted by Gasteiger charge is 2.15. The van der Waals surface area contributed by atoms with Gasteiger partial charge >= 0.3 is 6.03 Å². The summed E-state index contributed by atoms with van der Waals surface area (Å²) in [6, 6.07) is 6.93. The van der Waals surface area contributed by atoms with Crippen LogP contribution in [0.5, 0.6) is 5.75 Å². The van der Waals surface area contributed by atoms with Gasteiger partial charge in [-0.1, -0.05) is 13.8 Å². The molecule has 0 aliphatic heterocycles. The fourth-order valence-electron chi connectivity index (χ4n) is 1.70. The van der Waals surface area contributed by atoms with Crippen molar-refractivity contribution in [2.75, 3.05) is 25.6 Å². The molecule has 0 radical (unpaired) electrons. The maximum absolute atomic E-state index is 11.7. The molecule has 0 bridgehead atoms. The number of ether oxygens (including phenoxy) is 1. The molecule has 0 fully saturated rings. The lowest BCUT2D eigenvalue weighted by Gasteiger charge is -2.21. The Morgan fingerprint density at radius 3 is 2.50 bits per heavy atom. The third-order valence-corrected chi connectivity index (χ3v) is 3.09. The fraction of sp³-hybridized carbons (Fsp3) is 0.533. The van der Waals surface area contributed by atoms with E-state index in [1.54, 1.807) is 31.4 Å². The Kier molecular flexibility index (Phi) is 6.31. The molecule has 5 heteroatoms. The van der Waals surface area contributed by atoms with Crippen molar-refractivity contribution in [3.05, 3.63) is 24.3 Å². The lowest BCUT2D eigenvalue weighted by Crippen LogP contribution is -2.30. The van der Waals surface area contributed by atoms with Crippen molar-refractivity contribution < 1.29 is 14.6 Å². The maximum Gasteiger partial charge on any atom is 0.319 e. The van der Waals surface area contributed by atoms with Crippen LogP contribution in [0.4, 0.5) is 10.5 Å². The number of amides is 2. The van der Waals surface area contributed by atoms with E-state index >= 15 is 0 Å². The Morgan fingerprint density at radius 1 is 1.30 bits per heavy atom. The number of benzene rings is 1. The first-order chi connectivity index (χ1) is 9.46. The van der Waals surface area contributed by atoms with Crippen LogP contribution in [0.25, 0.3) is 0 Å². The molecule has 0 aliphatic carbocycles. The molecule has 0 saturated carbocycles. The molecule has 0 spiro atoms. The Morgan fingerprint density at radius 2 is 1.95 bits per heavy atom. The van der Waals surface area contributed by atoms with Crippen LogP contribution in [0, 0.1) is 5.41 Å². The van der Waals surface area contributed by atoms with Crippen molar-refractivity contribution in [1.29, 1.82) is 0 Å². The highest BCUT2D eigenvalue weighted by atomic mass is 16.5. The molecule has 0 heterocycles. The van der Waals surface area contributed by atoms with Gasteiger partial charge in [0.2, 0.25) is 0 Å². The molecule has 0 atom stereocenters. The summed E-state index contributed by atoms with van der Waals surface area (Å²) >= 11 is 0. The van der Waals surface area contributed by atoms with E-state index in [-0.39, 0.29) is 18.1 Å². The predicted octanol–water partition coefficient (Wildman–Crippen LogP) is 2.62. The number of aliphatic hydroxyl groups is 1. The lowest BCUT2D eigenvalue weighted by atomic mass is 9.89. The monoisotopic (exact) mass is 280 g/mol. The van der Waals surface area contributed by atoms with E-state index in [1.165, 1.54) is 0 Å². The second-order valence-electron chi connectivity index (χ2n) is 5.54. The van der Waals surface area contributed by atoms with E-state index in [4.69, 9.17) is 9.84 Å². The van der Waals surface area contributed by atoms with Crippen LogP contribution in [-0.4, -0.2) is 31.4 Å². The summed E-state index contributed by atoms with van der Waals surface area (Å²) in [5.41, 5.74) is 0.632. The molecule has 20 heavy (non-hydrogen) atoms. The van der Waals surface area contributed by atoms with E-state index in [2.05, 4.69) is 10.6 Å². The number of carbonyl (C=O) groups is 1. The first kappa shape index (κ1) is 16.3. The molecular weight excluding hydrogens is 256 g/mol. The van der Waals surface area contributed by atoms with Gasteiger partial charge in [-0.25, -0.2) is 4.79 Å². The van der Waals surface area contributed by atoms with Crippen molar-refractivity contribution in [3.8, 4) is 5.75 Å². The van der Waals surface area contributed by atoms with Gasteiger partial charge in [0.05, 0.1) is 7.11 Å². The zero-order valence-corrected chi connectivity index (χ0v) is 12.4. The first-order valence-corrected chi connectivity index (χ1v) is 6.76. The molecule has 1 aromatic carbocycles. The molecular formula is C15H24N2O3. The van der Waals surface area contributed by atoms with Crippen LogP contribution in [0.2, 0.25) is 0 Å². The maximum atomic E-state index is 11.7. The minimum absolute atomic E-state index is 0.0891. The third-order valence-electron chi connectivity index (χ3n) is 3.09. The Labute approximate surface area is 120 Å². The topological polar surface area (TPSA) is 70.6 Å². The number of urea groups is 1. The van der Waals surface area contributed by atoms with Crippen molar-refractivity contribution in [2.45, 2.75) is 26.7 Å². The van der Waals surface area contributed by atoms with Gasteiger partial charge in [0, 0.05) is 18.8 Å². The van der Waals surface area contributed by atoms with Gasteiger partial charge in [-0.3, -0.25) is 0 Å². The van der Waals surface area contributed by atoms with Crippen LogP contribution in [0.1, 0.15) is 26.7 Å². The van der Waals surface area contributed by atoms with Gasteiger partial charge in [0.1, 0.15) is 5.75 Å². The summed E-state index contributed by atoms with van der Waals surface area (Å²) in [7, 11) is 1.60. The van der Waals surface area contributed by atoms with E-state index in [9.17, 15) is 4.79 Å². The minimum Gasteiger partial charge on any atom is -0.497 e. The minimum atomic E-state index is -0.225. The summed E-state index contributed by atoms with van der Waals surface area (Å²) < 4.78 is 5.05. The number of methoxy groups -OCH3 is 1. The van der Waals surface area contributed by atoms with Crippen LogP contribution in [-0.2, 0) is 0 Å². The predicted molar refractivity (Wildman–Crippen MR) is 80.1 cm³/mol. The SMILES string of the molecule is COc1ccc(NC(=O)NCCCC(C)(C)CO)cc1. The van der Waals surface area contributed by atoms with Gasteiger partial charge in [0.15, 0.2) is 0 Å². The average molecular weight is 280 g/mol. The smallest absolute Gasteiger partial charge is 0.319 e. The lowest BCUT2D eigenvalue weighted by molar-refractivity contribution is 0.148. The van der Waals surface area contributed by atoms with Gasteiger partial charge in [-0.2, -0.15) is 0 Å². The molecule has 112 valence electrons. The van der Waals surface area contributed by atoms with Crippen LogP contribution >= 0.6 is 0 Å².